The fraction of sp³-hybridized carbons (Fsp3) is 1.00. The molecule has 0 aliphatic heterocycles. The summed E-state index contributed by atoms with van der Waals surface area (Å²) in [5.74, 6) is 0. The van der Waals surface area contributed by atoms with Crippen LogP contribution in [0.4, 0.5) is 0 Å². The van der Waals surface area contributed by atoms with Gasteiger partial charge in [0.05, 0.1) is 12.0 Å². The van der Waals surface area contributed by atoms with Gasteiger partial charge in [0.1, 0.15) is 0 Å². The summed E-state index contributed by atoms with van der Waals surface area (Å²) in [5, 5.41) is 24.1. The summed E-state index contributed by atoms with van der Waals surface area (Å²) in [6.07, 6.45) is 2.25. The van der Waals surface area contributed by atoms with Gasteiger partial charge in [-0.3, -0.25) is 15.3 Å². The number of rotatable bonds is 6. The average Bonchev–Trinajstić information content (AvgIpc) is 1.87. The first-order valence-electron chi connectivity index (χ1n) is 3.19. The Kier molecular flexibility index (Phi) is 6.78. The largest absolute Gasteiger partial charge is 0.396 e. The normalized spacial score (nSPS) is 10.8. The third kappa shape index (κ3) is 7.80. The van der Waals surface area contributed by atoms with E-state index in [2.05, 4.69) is 4.84 Å². The maximum atomic E-state index is 8.32. The molecule has 0 bridgehead atoms. The fourth-order valence-corrected chi connectivity index (χ4v) is 0.537. The van der Waals surface area contributed by atoms with Gasteiger partial charge in [-0.05, 0) is 19.3 Å². The molecule has 0 aliphatic rings. The van der Waals surface area contributed by atoms with E-state index in [-0.39, 0.29) is 18.6 Å². The Hall–Kier alpha value is -0.200. The fourth-order valence-electron chi connectivity index (χ4n) is 0.537. The number of hydrogen-bond acceptors (Lipinski definition) is 5. The van der Waals surface area contributed by atoms with Gasteiger partial charge in [0.2, 0.25) is 0 Å². The van der Waals surface area contributed by atoms with Crippen LogP contribution in [0.5, 0.6) is 0 Å². The van der Waals surface area contributed by atoms with Gasteiger partial charge in [0.25, 0.3) is 0 Å². The summed E-state index contributed by atoms with van der Waals surface area (Å²) < 4.78 is 0. The number of aliphatic hydroxyl groups excluding tert-OH is 1. The van der Waals surface area contributed by atoms with Gasteiger partial charge in [-0.2, -0.15) is 0 Å². The SMILES string of the molecule is OCCCCCON(O)O. The molecule has 0 rings (SSSR count). The van der Waals surface area contributed by atoms with Gasteiger partial charge in [-0.15, -0.1) is 0 Å². The van der Waals surface area contributed by atoms with E-state index in [1.807, 2.05) is 0 Å². The molecule has 5 nitrogen and oxygen atoms in total. The van der Waals surface area contributed by atoms with Crippen LogP contribution in [0.15, 0.2) is 0 Å². The molecule has 0 unspecified atom stereocenters. The zero-order valence-electron chi connectivity index (χ0n) is 5.73. The predicted molar refractivity (Wildman–Crippen MR) is 32.3 cm³/mol. The molecule has 0 fully saturated rings. The number of nitrogens with zero attached hydrogens (tertiary/aromatic N) is 1. The molecule has 0 aliphatic carbocycles. The molecular formula is C5H13NO4. The zero-order valence-corrected chi connectivity index (χ0v) is 5.73. The van der Waals surface area contributed by atoms with Gasteiger partial charge < -0.3 is 5.11 Å². The molecule has 0 atom stereocenters. The summed E-state index contributed by atoms with van der Waals surface area (Å²) in [4.78, 5) is 4.25. The van der Waals surface area contributed by atoms with Crippen molar-refractivity contribution in [2.45, 2.75) is 19.3 Å². The van der Waals surface area contributed by atoms with Crippen molar-refractivity contribution in [2.75, 3.05) is 13.2 Å². The summed E-state index contributed by atoms with van der Waals surface area (Å²) >= 11 is 0. The van der Waals surface area contributed by atoms with Crippen molar-refractivity contribution < 1.29 is 20.4 Å². The maximum Gasteiger partial charge on any atom is 0.0736 e. The number of hydrogen-bond donors (Lipinski definition) is 3. The second kappa shape index (κ2) is 6.91. The van der Waals surface area contributed by atoms with Crippen molar-refractivity contribution in [3.8, 4) is 0 Å². The van der Waals surface area contributed by atoms with Gasteiger partial charge in [0, 0.05) is 6.61 Å². The highest BCUT2D eigenvalue weighted by Crippen LogP contribution is 1.94. The van der Waals surface area contributed by atoms with E-state index < -0.39 is 0 Å². The quantitative estimate of drug-likeness (QED) is 0.372. The van der Waals surface area contributed by atoms with Crippen LogP contribution in [0, 0.1) is 0 Å². The van der Waals surface area contributed by atoms with Crippen molar-refractivity contribution >= 4 is 0 Å². The molecule has 0 heterocycles. The number of unbranched alkanes of at least 4 members (excludes halogenated alkanes) is 2. The second-order valence-corrected chi connectivity index (χ2v) is 1.87. The van der Waals surface area contributed by atoms with Crippen LogP contribution < -0.4 is 0 Å². The summed E-state index contributed by atoms with van der Waals surface area (Å²) in [6, 6.07) is 0. The van der Waals surface area contributed by atoms with Crippen LogP contribution in [0.25, 0.3) is 0 Å². The van der Waals surface area contributed by atoms with Crippen molar-refractivity contribution in [2.24, 2.45) is 0 Å². The highest BCUT2D eigenvalue weighted by atomic mass is 17.1. The van der Waals surface area contributed by atoms with Crippen molar-refractivity contribution in [3.63, 3.8) is 0 Å². The van der Waals surface area contributed by atoms with E-state index in [9.17, 15) is 0 Å². The molecule has 10 heavy (non-hydrogen) atoms. The topological polar surface area (TPSA) is 73.2 Å². The monoisotopic (exact) mass is 151 g/mol. The Balaban J connectivity index is 2.77. The third-order valence-electron chi connectivity index (χ3n) is 1.01. The van der Waals surface area contributed by atoms with E-state index in [0.29, 0.717) is 6.42 Å². The van der Waals surface area contributed by atoms with E-state index in [1.165, 1.54) is 0 Å². The lowest BCUT2D eigenvalue weighted by molar-refractivity contribution is -0.492. The molecule has 0 amide bonds. The van der Waals surface area contributed by atoms with Crippen LogP contribution in [0.2, 0.25) is 0 Å². The molecule has 62 valence electrons. The first kappa shape index (κ1) is 9.80. The second-order valence-electron chi connectivity index (χ2n) is 1.87. The maximum absolute atomic E-state index is 8.32. The highest BCUT2D eigenvalue weighted by Gasteiger charge is 1.92. The summed E-state index contributed by atoms with van der Waals surface area (Å²) in [5.41, 5.74) is 0. The van der Waals surface area contributed by atoms with E-state index in [4.69, 9.17) is 15.5 Å². The lowest BCUT2D eigenvalue weighted by atomic mass is 10.2. The third-order valence-corrected chi connectivity index (χ3v) is 1.01. The first-order chi connectivity index (χ1) is 4.77. The van der Waals surface area contributed by atoms with Crippen LogP contribution in [0.3, 0.4) is 0 Å². The Bertz CT molecular complexity index is 68.7. The van der Waals surface area contributed by atoms with Crippen molar-refractivity contribution in [1.82, 2.24) is 5.39 Å². The molecule has 0 radical (unpaired) electrons. The van der Waals surface area contributed by atoms with Gasteiger partial charge in [0.15, 0.2) is 0 Å². The molecule has 0 aromatic rings. The highest BCUT2D eigenvalue weighted by molar-refractivity contribution is 4.36. The van der Waals surface area contributed by atoms with Crippen LogP contribution in [0.1, 0.15) is 19.3 Å². The lowest BCUT2D eigenvalue weighted by Crippen LogP contribution is -2.14. The van der Waals surface area contributed by atoms with Crippen LogP contribution in [-0.2, 0) is 4.84 Å². The Labute approximate surface area is 59.3 Å². The average molecular weight is 151 g/mol. The Morgan fingerprint density at radius 2 is 1.80 bits per heavy atom. The first-order valence-corrected chi connectivity index (χ1v) is 3.19. The minimum absolute atomic E-state index is 0.169. The zero-order chi connectivity index (χ0) is 7.82. The molecule has 0 saturated carbocycles. The van der Waals surface area contributed by atoms with E-state index in [0.717, 1.165) is 12.8 Å². The molecule has 3 N–H and O–H groups in total. The standard InChI is InChI=1S/C5H13NO4/c7-4-2-1-3-5-10-6(8)9/h7-9H,1-5H2. The van der Waals surface area contributed by atoms with Gasteiger partial charge in [-0.25, -0.2) is 0 Å². The Morgan fingerprint density at radius 1 is 1.10 bits per heavy atom. The lowest BCUT2D eigenvalue weighted by Gasteiger charge is -2.04. The Morgan fingerprint density at radius 3 is 2.30 bits per heavy atom. The molecule has 5 heteroatoms. The van der Waals surface area contributed by atoms with Crippen LogP contribution in [-0.4, -0.2) is 34.1 Å². The van der Waals surface area contributed by atoms with Crippen LogP contribution >= 0.6 is 0 Å². The smallest absolute Gasteiger partial charge is 0.0736 e. The molecular weight excluding hydrogens is 138 g/mol. The van der Waals surface area contributed by atoms with Gasteiger partial charge in [-0.1, -0.05) is 0 Å². The van der Waals surface area contributed by atoms with Crippen molar-refractivity contribution in [3.05, 3.63) is 0 Å². The minimum atomic E-state index is -0.307. The van der Waals surface area contributed by atoms with E-state index >= 15 is 0 Å². The van der Waals surface area contributed by atoms with Gasteiger partial charge >= 0.3 is 0 Å². The van der Waals surface area contributed by atoms with E-state index in [1.54, 1.807) is 0 Å². The van der Waals surface area contributed by atoms with Crippen molar-refractivity contribution in [1.29, 1.82) is 0 Å². The molecule has 0 aromatic heterocycles. The minimum Gasteiger partial charge on any atom is -0.396 e. The summed E-state index contributed by atoms with van der Waals surface area (Å²) in [6.45, 7) is 0.426. The molecule has 0 saturated heterocycles. The predicted octanol–water partition coefficient (Wildman–Crippen LogP) is 0.161. The summed E-state index contributed by atoms with van der Waals surface area (Å²) in [7, 11) is 0. The molecule has 0 spiro atoms. The molecule has 0 aromatic carbocycles. The number of aliphatic hydroxyl groups is 1.